The fraction of sp³-hybridized carbons (Fsp3) is 0.350. The molecule has 2 atom stereocenters. The van der Waals surface area contributed by atoms with E-state index in [1.807, 2.05) is 0 Å². The molecular weight excluding hydrogens is 411 g/mol. The van der Waals surface area contributed by atoms with E-state index >= 15 is 0 Å². The highest BCUT2D eigenvalue weighted by Crippen LogP contribution is 2.35. The number of hydrogen-bond donors (Lipinski definition) is 2. The Bertz CT molecular complexity index is 1190. The summed E-state index contributed by atoms with van der Waals surface area (Å²) in [4.78, 5) is 12.9. The molecule has 1 aliphatic rings. The van der Waals surface area contributed by atoms with E-state index in [0.717, 1.165) is 42.6 Å². The van der Waals surface area contributed by atoms with Crippen molar-refractivity contribution in [1.82, 2.24) is 30.3 Å². The molecule has 4 aromatic rings. The van der Waals surface area contributed by atoms with Gasteiger partial charge in [0.15, 0.2) is 11.5 Å². The second-order valence-electron chi connectivity index (χ2n) is 7.62. The van der Waals surface area contributed by atoms with Gasteiger partial charge in [0, 0.05) is 12.0 Å². The average Bonchev–Trinajstić information content (AvgIpc) is 3.48. The predicted molar refractivity (Wildman–Crippen MR) is 104 cm³/mol. The van der Waals surface area contributed by atoms with Crippen LogP contribution in [0.15, 0.2) is 41.3 Å². The quantitative estimate of drug-likeness (QED) is 0.492. The van der Waals surface area contributed by atoms with Crippen LogP contribution >= 0.6 is 0 Å². The maximum Gasteiger partial charge on any atom is 0.416 e. The van der Waals surface area contributed by atoms with Crippen LogP contribution in [0.3, 0.4) is 0 Å². The van der Waals surface area contributed by atoms with Gasteiger partial charge in [-0.1, -0.05) is 17.3 Å². The minimum Gasteiger partial charge on any atom is -0.367 e. The van der Waals surface area contributed by atoms with Crippen LogP contribution in [0.4, 0.5) is 19.0 Å². The summed E-state index contributed by atoms with van der Waals surface area (Å²) in [5.41, 5.74) is 0.684. The molecule has 160 valence electrons. The molecule has 8 nitrogen and oxygen atoms in total. The van der Waals surface area contributed by atoms with Crippen LogP contribution in [0, 0.1) is 0 Å². The Kier molecular flexibility index (Phi) is 4.79. The first-order valence-corrected chi connectivity index (χ1v) is 9.85. The summed E-state index contributed by atoms with van der Waals surface area (Å²) in [7, 11) is 0. The fourth-order valence-electron chi connectivity index (χ4n) is 3.91. The van der Waals surface area contributed by atoms with Gasteiger partial charge in [-0.3, -0.25) is 5.10 Å². The monoisotopic (exact) mass is 429 g/mol. The van der Waals surface area contributed by atoms with Gasteiger partial charge in [0.05, 0.1) is 23.6 Å². The first-order chi connectivity index (χ1) is 15.0. The van der Waals surface area contributed by atoms with Crippen molar-refractivity contribution in [3.8, 4) is 0 Å². The van der Waals surface area contributed by atoms with Gasteiger partial charge in [-0.05, 0) is 37.0 Å². The number of anilines is 1. The number of nitrogens with one attached hydrogen (secondary N) is 2. The molecule has 0 saturated heterocycles. The normalized spacial score (nSPS) is 19.2. The van der Waals surface area contributed by atoms with Crippen LogP contribution < -0.4 is 5.32 Å². The molecule has 11 heteroatoms. The summed E-state index contributed by atoms with van der Waals surface area (Å²) in [6, 6.07) is 5.18. The molecule has 0 spiro atoms. The minimum absolute atomic E-state index is 0.143. The highest BCUT2D eigenvalue weighted by Gasteiger charge is 2.31. The average molecular weight is 429 g/mol. The number of nitrogens with zero attached hydrogens (tertiary/aromatic N) is 5. The molecule has 1 fully saturated rings. The molecule has 0 aliphatic heterocycles. The maximum absolute atomic E-state index is 12.7. The highest BCUT2D eigenvalue weighted by molar-refractivity contribution is 5.85. The number of alkyl halides is 3. The van der Waals surface area contributed by atoms with Gasteiger partial charge in [-0.2, -0.15) is 23.3 Å². The van der Waals surface area contributed by atoms with Crippen LogP contribution in [0.25, 0.3) is 11.0 Å². The van der Waals surface area contributed by atoms with Gasteiger partial charge in [-0.25, -0.2) is 9.97 Å². The SMILES string of the molecule is FC(F)(F)c1ccc(Cc2nc([C@H]3CC[C@H](Nc4ncnc5[nH]ncc45)C3)no2)cc1. The Hall–Kier alpha value is -3.50. The van der Waals surface area contributed by atoms with Crippen molar-refractivity contribution in [2.45, 2.75) is 43.8 Å². The molecule has 0 unspecified atom stereocenters. The number of H-pyrrole nitrogens is 1. The summed E-state index contributed by atoms with van der Waals surface area (Å²) in [6.07, 6.45) is 1.77. The van der Waals surface area contributed by atoms with Gasteiger partial charge in [0.1, 0.15) is 12.1 Å². The van der Waals surface area contributed by atoms with E-state index in [4.69, 9.17) is 4.52 Å². The Morgan fingerprint density at radius 2 is 1.97 bits per heavy atom. The van der Waals surface area contributed by atoms with Gasteiger partial charge in [0.2, 0.25) is 5.89 Å². The lowest BCUT2D eigenvalue weighted by atomic mass is 10.1. The molecule has 0 radical (unpaired) electrons. The molecule has 1 aliphatic carbocycles. The van der Waals surface area contributed by atoms with E-state index in [9.17, 15) is 13.2 Å². The predicted octanol–water partition coefficient (Wildman–Crippen LogP) is 4.09. The van der Waals surface area contributed by atoms with Gasteiger partial charge < -0.3 is 9.84 Å². The molecule has 0 bridgehead atoms. The molecular formula is C20H18F3N7O. The Morgan fingerprint density at radius 1 is 1.13 bits per heavy atom. The van der Waals surface area contributed by atoms with E-state index in [-0.39, 0.29) is 12.0 Å². The third-order valence-corrected chi connectivity index (χ3v) is 5.51. The zero-order chi connectivity index (χ0) is 21.4. The van der Waals surface area contributed by atoms with Crippen molar-refractivity contribution in [3.63, 3.8) is 0 Å². The smallest absolute Gasteiger partial charge is 0.367 e. The number of rotatable bonds is 5. The molecule has 3 aromatic heterocycles. The van der Waals surface area contributed by atoms with E-state index in [1.54, 1.807) is 6.20 Å². The second-order valence-corrected chi connectivity index (χ2v) is 7.62. The maximum atomic E-state index is 12.7. The molecule has 3 heterocycles. The van der Waals surface area contributed by atoms with E-state index in [0.29, 0.717) is 29.3 Å². The first kappa shape index (κ1) is 19.5. The number of hydrogen-bond acceptors (Lipinski definition) is 7. The highest BCUT2D eigenvalue weighted by atomic mass is 19.4. The third-order valence-electron chi connectivity index (χ3n) is 5.51. The Morgan fingerprint density at radius 3 is 2.77 bits per heavy atom. The van der Waals surface area contributed by atoms with E-state index < -0.39 is 11.7 Å². The number of aromatic nitrogens is 6. The number of benzene rings is 1. The minimum atomic E-state index is -4.35. The van der Waals surface area contributed by atoms with Crippen LogP contribution in [0.1, 0.15) is 48.0 Å². The van der Waals surface area contributed by atoms with Crippen LogP contribution in [-0.4, -0.2) is 36.3 Å². The number of halogens is 3. The lowest BCUT2D eigenvalue weighted by Gasteiger charge is -2.13. The zero-order valence-corrected chi connectivity index (χ0v) is 16.2. The summed E-state index contributed by atoms with van der Waals surface area (Å²) in [5, 5.41) is 15.2. The van der Waals surface area contributed by atoms with E-state index in [1.165, 1.54) is 18.5 Å². The van der Waals surface area contributed by atoms with Crippen LogP contribution in [-0.2, 0) is 12.6 Å². The summed E-state index contributed by atoms with van der Waals surface area (Å²) in [5.74, 6) is 1.90. The molecule has 0 amide bonds. The van der Waals surface area contributed by atoms with Gasteiger partial charge in [-0.15, -0.1) is 0 Å². The number of aromatic amines is 1. The molecule has 2 N–H and O–H groups in total. The Labute approximate surface area is 174 Å². The van der Waals surface area contributed by atoms with Crippen molar-refractivity contribution >= 4 is 16.9 Å². The zero-order valence-electron chi connectivity index (χ0n) is 16.2. The summed E-state index contributed by atoms with van der Waals surface area (Å²) in [6.45, 7) is 0. The molecule has 1 saturated carbocycles. The van der Waals surface area contributed by atoms with Gasteiger partial charge >= 0.3 is 6.18 Å². The lowest BCUT2D eigenvalue weighted by molar-refractivity contribution is -0.137. The largest absolute Gasteiger partial charge is 0.416 e. The van der Waals surface area contributed by atoms with Gasteiger partial charge in [0.25, 0.3) is 0 Å². The number of fused-ring (bicyclic) bond motifs is 1. The summed E-state index contributed by atoms with van der Waals surface area (Å²) >= 11 is 0. The van der Waals surface area contributed by atoms with Crippen molar-refractivity contribution in [2.24, 2.45) is 0 Å². The molecule has 1 aromatic carbocycles. The molecule has 31 heavy (non-hydrogen) atoms. The standard InChI is InChI=1S/C20H18F3N7O/c21-20(22,23)13-4-1-11(2-5-13)7-16-28-17(30-31-16)12-3-6-14(8-12)27-18-15-9-26-29-19(15)25-10-24-18/h1-2,4-5,9-10,12,14H,3,6-8H2,(H2,24,25,26,27,29)/t12-,14-/m0/s1. The van der Waals surface area contributed by atoms with Crippen molar-refractivity contribution < 1.29 is 17.7 Å². The topological polar surface area (TPSA) is 105 Å². The lowest BCUT2D eigenvalue weighted by Crippen LogP contribution is -2.16. The molecule has 5 rings (SSSR count). The van der Waals surface area contributed by atoms with Crippen molar-refractivity contribution in [1.29, 1.82) is 0 Å². The van der Waals surface area contributed by atoms with Crippen molar-refractivity contribution in [3.05, 3.63) is 59.6 Å². The Balaban J connectivity index is 1.22. The summed E-state index contributed by atoms with van der Waals surface area (Å²) < 4.78 is 43.4. The van der Waals surface area contributed by atoms with Crippen LogP contribution in [0.2, 0.25) is 0 Å². The van der Waals surface area contributed by atoms with E-state index in [2.05, 4.69) is 35.6 Å². The fourth-order valence-corrected chi connectivity index (χ4v) is 3.91. The third kappa shape index (κ3) is 4.07. The second kappa shape index (κ2) is 7.64. The van der Waals surface area contributed by atoms with Crippen molar-refractivity contribution in [2.75, 3.05) is 5.32 Å². The first-order valence-electron chi connectivity index (χ1n) is 9.85. The van der Waals surface area contributed by atoms with Crippen LogP contribution in [0.5, 0.6) is 0 Å².